The molecular weight excluding hydrogens is 1000 g/mol. The van der Waals surface area contributed by atoms with Crippen LogP contribution in [0.15, 0.2) is 18.2 Å². The van der Waals surface area contributed by atoms with Crippen LogP contribution in [0.1, 0.15) is 62.8 Å². The predicted molar refractivity (Wildman–Crippen MR) is 262 cm³/mol. The van der Waals surface area contributed by atoms with Crippen LogP contribution < -0.4 is 11.1 Å². The largest absolute Gasteiger partial charge is 0.480 e. The van der Waals surface area contributed by atoms with Crippen molar-refractivity contribution in [3.63, 3.8) is 0 Å². The normalized spacial score (nSPS) is 13.4. The number of aromatic nitrogens is 1. The fourth-order valence-electron chi connectivity index (χ4n) is 8.82. The van der Waals surface area contributed by atoms with Gasteiger partial charge in [-0.25, -0.2) is 0 Å². The SMILES string of the molecule is NCCN(CCN(Cc1cccc(CNC(CCC(=O)N(CCO)C(CO)(CO)CO)C(=O)O)n1)C(CCC(=O)N(CCO)C(CO)(CO)CO)C(=O)O)C(CCC(=O)N(CCO)C(CO)(CCO)CCO)C(=O)O. The lowest BCUT2D eigenvalue weighted by molar-refractivity contribution is -0.150. The Morgan fingerprint density at radius 2 is 0.880 bits per heavy atom. The maximum Gasteiger partial charge on any atom is 0.320 e. The molecule has 0 spiro atoms. The molecule has 0 aromatic carbocycles. The third kappa shape index (κ3) is 20.0. The highest BCUT2D eigenvalue weighted by Crippen LogP contribution is 2.26. The van der Waals surface area contributed by atoms with E-state index in [1.165, 1.54) is 28.0 Å². The maximum absolute atomic E-state index is 13.7. The van der Waals surface area contributed by atoms with Crippen molar-refractivity contribution in [3.8, 4) is 0 Å². The smallest absolute Gasteiger partial charge is 0.320 e. The molecule has 29 heteroatoms. The Balaban J connectivity index is 3.70. The van der Waals surface area contributed by atoms with Crippen LogP contribution in [0.25, 0.3) is 0 Å². The molecule has 3 unspecified atom stereocenters. The molecule has 0 fully saturated rings. The standard InChI is InChI=1S/C46H82N8O21/c47-12-13-50(36(42(72)73)5-8-39(68)52(16-21-57)44(26-60,10-19-55)11-20-56)14-15-51(37(43(74)75)6-9-40(69)54(18-23-59)46(30-64,31-65)32-66)25-34-3-1-2-33(49-34)24-48-35(41(70)71)4-7-38(67)53(17-22-58)45(27-61,28-62)29-63/h1-3,35-37,48,55-66H,4-32,47H2,(H,70,71)(H,72,73)(H,74,75). The van der Waals surface area contributed by atoms with E-state index in [1.807, 2.05) is 0 Å². The molecule has 0 radical (unpaired) electrons. The quantitative estimate of drug-likeness (QED) is 0.0289. The third-order valence-corrected chi connectivity index (χ3v) is 13.3. The van der Waals surface area contributed by atoms with Crippen molar-refractivity contribution in [2.75, 3.05) is 125 Å². The highest BCUT2D eigenvalue weighted by Gasteiger charge is 2.42. The number of pyridine rings is 1. The first kappa shape index (κ1) is 68.3. The van der Waals surface area contributed by atoms with Gasteiger partial charge in [-0.1, -0.05) is 6.07 Å². The first-order chi connectivity index (χ1) is 35.8. The lowest BCUT2D eigenvalue weighted by atomic mass is 9.89. The van der Waals surface area contributed by atoms with Crippen LogP contribution in [0.5, 0.6) is 0 Å². The van der Waals surface area contributed by atoms with Crippen molar-refractivity contribution in [1.29, 1.82) is 0 Å². The Morgan fingerprint density at radius 1 is 0.493 bits per heavy atom. The topological polar surface area (TPSA) is 473 Å². The Bertz CT molecular complexity index is 1840. The molecule has 1 aromatic heterocycles. The van der Waals surface area contributed by atoms with Crippen molar-refractivity contribution in [2.24, 2.45) is 5.73 Å². The zero-order chi connectivity index (χ0) is 56.8. The van der Waals surface area contributed by atoms with Gasteiger partial charge in [-0.15, -0.1) is 0 Å². The average molecular weight is 1080 g/mol. The number of carboxylic acids is 3. The van der Waals surface area contributed by atoms with Gasteiger partial charge in [-0.05, 0) is 44.2 Å². The second-order valence-corrected chi connectivity index (χ2v) is 18.0. The number of rotatable bonds is 44. The van der Waals surface area contributed by atoms with E-state index >= 15 is 0 Å². The third-order valence-electron chi connectivity index (χ3n) is 13.3. The van der Waals surface area contributed by atoms with E-state index < -0.39 is 182 Å². The number of aliphatic hydroxyl groups excluding tert-OH is 12. The molecule has 1 rings (SSSR count). The van der Waals surface area contributed by atoms with Gasteiger partial charge in [0.25, 0.3) is 0 Å². The van der Waals surface area contributed by atoms with E-state index in [4.69, 9.17) is 5.73 Å². The zero-order valence-corrected chi connectivity index (χ0v) is 42.4. The molecule has 0 aliphatic heterocycles. The number of hydrogen-bond acceptors (Lipinski definition) is 23. The van der Waals surface area contributed by atoms with Gasteiger partial charge in [0, 0.05) is 91.4 Å². The molecule has 75 heavy (non-hydrogen) atoms. The first-order valence-corrected chi connectivity index (χ1v) is 24.5. The van der Waals surface area contributed by atoms with Gasteiger partial charge in [0.2, 0.25) is 17.7 Å². The number of hydrogen-bond donors (Lipinski definition) is 17. The van der Waals surface area contributed by atoms with Crippen LogP contribution >= 0.6 is 0 Å². The minimum atomic E-state index is -1.93. The second kappa shape index (κ2) is 35.6. The molecule has 1 aromatic rings. The first-order valence-electron chi connectivity index (χ1n) is 24.5. The summed E-state index contributed by atoms with van der Waals surface area (Å²) in [6.45, 7) is -11.3. The number of β-amino-alcohol motifs (C(OH)–C–C–N with tert-alkyl or cyclic N) is 3. The summed E-state index contributed by atoms with van der Waals surface area (Å²) in [5.74, 6) is -6.60. The van der Waals surface area contributed by atoms with Crippen LogP contribution in [0.3, 0.4) is 0 Å². The van der Waals surface area contributed by atoms with Crippen molar-refractivity contribution < 1.29 is 105 Å². The Kier molecular flexibility index (Phi) is 32.5. The Labute approximate surface area is 434 Å². The van der Waals surface area contributed by atoms with E-state index in [0.29, 0.717) is 0 Å². The summed E-state index contributed by atoms with van der Waals surface area (Å²) in [4.78, 5) is 89.2. The Hall–Kier alpha value is -4.67. The number of nitrogens with two attached hydrogens (primary N) is 1. The van der Waals surface area contributed by atoms with Gasteiger partial charge in [0.15, 0.2) is 0 Å². The van der Waals surface area contributed by atoms with Gasteiger partial charge in [-0.3, -0.25) is 48.9 Å². The summed E-state index contributed by atoms with van der Waals surface area (Å²) in [7, 11) is 0. The molecule has 3 atom stereocenters. The number of carbonyl (C=O) groups is 6. The molecule has 0 aliphatic rings. The molecular formula is C46H82N8O21. The molecule has 0 bridgehead atoms. The minimum absolute atomic E-state index is 0.104. The van der Waals surface area contributed by atoms with E-state index in [2.05, 4.69) is 10.3 Å². The molecule has 1 heterocycles. The molecule has 3 amide bonds. The fraction of sp³-hybridized carbons (Fsp3) is 0.761. The number of carboxylic acid groups (broad SMARTS) is 3. The lowest BCUT2D eigenvalue weighted by Gasteiger charge is -2.43. The minimum Gasteiger partial charge on any atom is -0.480 e. The fourth-order valence-corrected chi connectivity index (χ4v) is 8.82. The van der Waals surface area contributed by atoms with Gasteiger partial charge >= 0.3 is 17.9 Å². The summed E-state index contributed by atoms with van der Waals surface area (Å²) in [5, 5.41) is 153. The molecule has 432 valence electrons. The maximum atomic E-state index is 13.7. The summed E-state index contributed by atoms with van der Waals surface area (Å²) < 4.78 is 0. The van der Waals surface area contributed by atoms with Gasteiger partial charge in [0.05, 0.1) is 83.0 Å². The van der Waals surface area contributed by atoms with Crippen molar-refractivity contribution in [2.45, 2.75) is 99.2 Å². The summed E-state index contributed by atoms with van der Waals surface area (Å²) in [6.07, 6.45) is -3.04. The Morgan fingerprint density at radius 3 is 1.25 bits per heavy atom. The molecule has 0 saturated carbocycles. The predicted octanol–water partition coefficient (Wildman–Crippen LogP) is -7.68. The van der Waals surface area contributed by atoms with Crippen molar-refractivity contribution in [1.82, 2.24) is 34.8 Å². The zero-order valence-electron chi connectivity index (χ0n) is 42.4. The van der Waals surface area contributed by atoms with Crippen molar-refractivity contribution in [3.05, 3.63) is 29.6 Å². The number of amides is 3. The van der Waals surface area contributed by atoms with Gasteiger partial charge < -0.3 is 97.0 Å². The molecule has 0 saturated heterocycles. The molecule has 18 N–H and O–H groups in total. The number of nitrogens with zero attached hydrogens (tertiary/aromatic N) is 6. The molecule has 29 nitrogen and oxygen atoms in total. The van der Waals surface area contributed by atoms with Crippen LogP contribution in [0, 0.1) is 0 Å². The highest BCUT2D eigenvalue weighted by atomic mass is 16.4. The van der Waals surface area contributed by atoms with Gasteiger partial charge in [0.1, 0.15) is 29.2 Å². The van der Waals surface area contributed by atoms with Gasteiger partial charge in [-0.2, -0.15) is 0 Å². The average Bonchev–Trinajstić information content (AvgIpc) is 3.39. The van der Waals surface area contributed by atoms with Crippen molar-refractivity contribution >= 4 is 35.6 Å². The van der Waals surface area contributed by atoms with Crippen LogP contribution in [-0.2, 0) is 41.9 Å². The summed E-state index contributed by atoms with van der Waals surface area (Å²) >= 11 is 0. The number of aliphatic carboxylic acids is 3. The van der Waals surface area contributed by atoms with Crippen LogP contribution in [0.2, 0.25) is 0 Å². The number of aliphatic hydroxyl groups is 12. The number of carbonyl (C=O) groups excluding carboxylic acids is 3. The summed E-state index contributed by atoms with van der Waals surface area (Å²) in [5.41, 5.74) is 1.09. The lowest BCUT2D eigenvalue weighted by Crippen LogP contribution is -2.60. The van der Waals surface area contributed by atoms with E-state index in [-0.39, 0.29) is 89.4 Å². The second-order valence-electron chi connectivity index (χ2n) is 18.0. The van der Waals surface area contributed by atoms with E-state index in [0.717, 1.165) is 14.7 Å². The molecule has 0 aliphatic carbocycles. The highest BCUT2D eigenvalue weighted by molar-refractivity contribution is 5.81. The monoisotopic (exact) mass is 1080 g/mol. The number of nitrogens with one attached hydrogen (secondary N) is 1. The summed E-state index contributed by atoms with van der Waals surface area (Å²) in [6, 6.07) is 0.133. The van der Waals surface area contributed by atoms with Crippen LogP contribution in [0.4, 0.5) is 0 Å². The van der Waals surface area contributed by atoms with E-state index in [1.54, 1.807) is 0 Å². The van der Waals surface area contributed by atoms with Crippen LogP contribution in [-0.4, -0.2) is 302 Å². The van der Waals surface area contributed by atoms with E-state index in [9.17, 15) is 105 Å².